The number of likely N-dealkylation sites (tertiary alicyclic amines) is 1. The van der Waals surface area contributed by atoms with Crippen LogP contribution in [0.3, 0.4) is 0 Å². The number of carbonyl (C=O) groups excluding carboxylic acids is 1. The van der Waals surface area contributed by atoms with Gasteiger partial charge in [-0.1, -0.05) is 23.7 Å². The number of pyridine rings is 1. The summed E-state index contributed by atoms with van der Waals surface area (Å²) in [7, 11) is 0. The van der Waals surface area contributed by atoms with Gasteiger partial charge in [0.05, 0.1) is 11.6 Å². The first-order valence-electron chi connectivity index (χ1n) is 8.78. The predicted molar refractivity (Wildman–Crippen MR) is 100 cm³/mol. The summed E-state index contributed by atoms with van der Waals surface area (Å²) in [6.07, 6.45) is 5.71. The van der Waals surface area contributed by atoms with E-state index in [1.807, 2.05) is 18.2 Å². The van der Waals surface area contributed by atoms with Crippen molar-refractivity contribution >= 4 is 23.2 Å². The molecule has 2 aromatic heterocycles. The lowest BCUT2D eigenvalue weighted by molar-refractivity contribution is 0.0937. The zero-order valence-corrected chi connectivity index (χ0v) is 15.1. The van der Waals surface area contributed by atoms with Gasteiger partial charge in [0.25, 0.3) is 5.91 Å². The SMILES string of the molecule is O=C(NC[C@@H](c1cccc(Cl)c1)N1CCCC1)c1ccc2nncn2c1. The Balaban J connectivity index is 1.51. The molecule has 3 aromatic rings. The predicted octanol–water partition coefficient (Wildman–Crippen LogP) is 2.95. The van der Waals surface area contributed by atoms with Crippen molar-refractivity contribution in [3.63, 3.8) is 0 Å². The average molecular weight is 370 g/mol. The lowest BCUT2D eigenvalue weighted by Gasteiger charge is -2.28. The van der Waals surface area contributed by atoms with E-state index >= 15 is 0 Å². The topological polar surface area (TPSA) is 62.5 Å². The molecule has 0 spiro atoms. The second kappa shape index (κ2) is 7.43. The van der Waals surface area contributed by atoms with E-state index in [4.69, 9.17) is 11.6 Å². The number of carbonyl (C=O) groups is 1. The lowest BCUT2D eigenvalue weighted by atomic mass is 10.1. The van der Waals surface area contributed by atoms with Crippen LogP contribution in [0.4, 0.5) is 0 Å². The summed E-state index contributed by atoms with van der Waals surface area (Å²) < 4.78 is 1.74. The third-order valence-electron chi connectivity index (χ3n) is 4.82. The van der Waals surface area contributed by atoms with E-state index < -0.39 is 0 Å². The highest BCUT2D eigenvalue weighted by molar-refractivity contribution is 6.30. The van der Waals surface area contributed by atoms with Crippen molar-refractivity contribution in [1.82, 2.24) is 24.8 Å². The molecule has 0 bridgehead atoms. The van der Waals surface area contributed by atoms with Crippen LogP contribution in [0, 0.1) is 0 Å². The Labute approximate surface area is 156 Å². The van der Waals surface area contributed by atoms with Crippen LogP contribution in [0.5, 0.6) is 0 Å². The highest BCUT2D eigenvalue weighted by Gasteiger charge is 2.24. The maximum absolute atomic E-state index is 12.6. The summed E-state index contributed by atoms with van der Waals surface area (Å²) in [6, 6.07) is 11.6. The molecule has 1 aliphatic heterocycles. The van der Waals surface area contributed by atoms with Gasteiger partial charge in [0.15, 0.2) is 5.65 Å². The lowest BCUT2D eigenvalue weighted by Crippen LogP contribution is -2.36. The zero-order valence-electron chi connectivity index (χ0n) is 14.3. The van der Waals surface area contributed by atoms with Crippen molar-refractivity contribution in [3.8, 4) is 0 Å². The fraction of sp³-hybridized carbons (Fsp3) is 0.316. The standard InChI is InChI=1S/C19H20ClN5O/c20-16-5-3-4-14(10-16)17(24-8-1-2-9-24)11-21-19(26)15-6-7-18-23-22-13-25(18)12-15/h3-7,10,12-13,17H,1-2,8-9,11H2,(H,21,26)/t17-/m0/s1. The van der Waals surface area contributed by atoms with Crippen LogP contribution in [-0.2, 0) is 0 Å². The molecule has 1 saturated heterocycles. The summed E-state index contributed by atoms with van der Waals surface area (Å²) in [6.45, 7) is 2.62. The summed E-state index contributed by atoms with van der Waals surface area (Å²) in [5.74, 6) is -0.105. The average Bonchev–Trinajstić information content (AvgIpc) is 3.33. The Morgan fingerprint density at radius 3 is 2.88 bits per heavy atom. The van der Waals surface area contributed by atoms with Gasteiger partial charge in [0, 0.05) is 17.8 Å². The molecule has 0 unspecified atom stereocenters. The number of halogens is 1. The second-order valence-corrected chi connectivity index (χ2v) is 6.97. The van der Waals surface area contributed by atoms with E-state index in [1.54, 1.807) is 29.1 Å². The van der Waals surface area contributed by atoms with Crippen LogP contribution in [0.2, 0.25) is 5.02 Å². The van der Waals surface area contributed by atoms with E-state index in [0.717, 1.165) is 29.3 Å². The molecule has 0 saturated carbocycles. The molecule has 4 rings (SSSR count). The van der Waals surface area contributed by atoms with Gasteiger partial charge in [-0.2, -0.15) is 0 Å². The number of fused-ring (bicyclic) bond motifs is 1. The fourth-order valence-electron chi connectivity index (χ4n) is 3.48. The molecule has 7 heteroatoms. The summed E-state index contributed by atoms with van der Waals surface area (Å²) in [5, 5.41) is 11.6. The van der Waals surface area contributed by atoms with Crippen LogP contribution in [-0.4, -0.2) is 45.0 Å². The minimum atomic E-state index is -0.105. The maximum atomic E-state index is 12.6. The number of amides is 1. The normalized spacial score (nSPS) is 16.0. The summed E-state index contributed by atoms with van der Waals surface area (Å²) in [4.78, 5) is 15.0. The van der Waals surface area contributed by atoms with Gasteiger partial charge in [-0.25, -0.2) is 0 Å². The minimum absolute atomic E-state index is 0.105. The molecule has 1 aliphatic rings. The molecule has 1 aromatic carbocycles. The summed E-state index contributed by atoms with van der Waals surface area (Å²) >= 11 is 6.18. The zero-order chi connectivity index (χ0) is 17.9. The second-order valence-electron chi connectivity index (χ2n) is 6.54. The van der Waals surface area contributed by atoms with Crippen LogP contribution in [0.15, 0.2) is 48.9 Å². The maximum Gasteiger partial charge on any atom is 0.252 e. The van der Waals surface area contributed by atoms with Gasteiger partial charge in [0.1, 0.15) is 6.33 Å². The number of nitrogens with one attached hydrogen (secondary N) is 1. The van der Waals surface area contributed by atoms with E-state index in [0.29, 0.717) is 12.1 Å². The monoisotopic (exact) mass is 369 g/mol. The van der Waals surface area contributed by atoms with Crippen molar-refractivity contribution in [3.05, 3.63) is 65.1 Å². The van der Waals surface area contributed by atoms with Gasteiger partial charge in [-0.15, -0.1) is 10.2 Å². The van der Waals surface area contributed by atoms with Crippen molar-refractivity contribution in [1.29, 1.82) is 0 Å². The minimum Gasteiger partial charge on any atom is -0.350 e. The van der Waals surface area contributed by atoms with E-state index in [1.165, 1.54) is 12.8 Å². The fourth-order valence-corrected chi connectivity index (χ4v) is 3.68. The van der Waals surface area contributed by atoms with Gasteiger partial charge in [-0.3, -0.25) is 14.1 Å². The molecule has 134 valence electrons. The molecule has 1 amide bonds. The van der Waals surface area contributed by atoms with E-state index in [2.05, 4.69) is 26.5 Å². The highest BCUT2D eigenvalue weighted by Crippen LogP contribution is 2.26. The number of aromatic nitrogens is 3. The number of nitrogens with zero attached hydrogens (tertiary/aromatic N) is 4. The smallest absolute Gasteiger partial charge is 0.252 e. The number of benzene rings is 1. The van der Waals surface area contributed by atoms with Crippen LogP contribution >= 0.6 is 11.6 Å². The Morgan fingerprint density at radius 2 is 2.08 bits per heavy atom. The molecule has 1 N–H and O–H groups in total. The number of rotatable bonds is 5. The first kappa shape index (κ1) is 17.0. The van der Waals surface area contributed by atoms with Crippen LogP contribution in [0.1, 0.15) is 34.8 Å². The third kappa shape index (κ3) is 3.57. The molecule has 6 nitrogen and oxygen atoms in total. The van der Waals surface area contributed by atoms with Gasteiger partial charge >= 0.3 is 0 Å². The van der Waals surface area contributed by atoms with Crippen molar-refractivity contribution in [2.24, 2.45) is 0 Å². The van der Waals surface area contributed by atoms with Crippen LogP contribution in [0.25, 0.3) is 5.65 Å². The molecule has 0 radical (unpaired) electrons. The number of hydrogen-bond donors (Lipinski definition) is 1. The molecular weight excluding hydrogens is 350 g/mol. The molecule has 1 atom stereocenters. The molecule has 1 fully saturated rings. The third-order valence-corrected chi connectivity index (χ3v) is 5.06. The Morgan fingerprint density at radius 1 is 1.23 bits per heavy atom. The highest BCUT2D eigenvalue weighted by atomic mass is 35.5. The molecular formula is C19H20ClN5O. The Kier molecular flexibility index (Phi) is 4.86. The molecule has 0 aliphatic carbocycles. The van der Waals surface area contributed by atoms with Crippen molar-refractivity contribution in [2.45, 2.75) is 18.9 Å². The van der Waals surface area contributed by atoms with E-state index in [9.17, 15) is 4.79 Å². The van der Waals surface area contributed by atoms with Crippen LogP contribution < -0.4 is 5.32 Å². The first-order valence-corrected chi connectivity index (χ1v) is 9.15. The number of hydrogen-bond acceptors (Lipinski definition) is 4. The van der Waals surface area contributed by atoms with Gasteiger partial charge < -0.3 is 5.32 Å². The van der Waals surface area contributed by atoms with Crippen molar-refractivity contribution in [2.75, 3.05) is 19.6 Å². The molecule has 3 heterocycles. The van der Waals surface area contributed by atoms with Gasteiger partial charge in [0.2, 0.25) is 0 Å². The van der Waals surface area contributed by atoms with Gasteiger partial charge in [-0.05, 0) is 55.8 Å². The Bertz CT molecular complexity index is 919. The van der Waals surface area contributed by atoms with Crippen molar-refractivity contribution < 1.29 is 4.79 Å². The quantitative estimate of drug-likeness (QED) is 0.751. The first-order chi connectivity index (χ1) is 12.7. The van der Waals surface area contributed by atoms with E-state index in [-0.39, 0.29) is 11.9 Å². The Hall–Kier alpha value is -2.44. The molecule has 26 heavy (non-hydrogen) atoms. The largest absolute Gasteiger partial charge is 0.350 e. The summed E-state index contributed by atoms with van der Waals surface area (Å²) in [5.41, 5.74) is 2.44.